The van der Waals surface area contributed by atoms with Crippen molar-refractivity contribution in [1.82, 2.24) is 9.29 Å². The van der Waals surface area contributed by atoms with Crippen LogP contribution in [0.15, 0.2) is 22.9 Å². The molecule has 1 fully saturated rings. The second-order valence-electron chi connectivity index (χ2n) is 4.47. The first-order chi connectivity index (χ1) is 9.40. The van der Waals surface area contributed by atoms with E-state index in [4.69, 9.17) is 5.11 Å². The van der Waals surface area contributed by atoms with Crippen molar-refractivity contribution in [3.63, 3.8) is 0 Å². The fraction of sp³-hybridized carbons (Fsp3) is 0.455. The maximum Gasteiger partial charge on any atom is 0.306 e. The zero-order valence-corrected chi connectivity index (χ0v) is 12.9. The van der Waals surface area contributed by atoms with Crippen molar-refractivity contribution >= 4 is 37.8 Å². The first kappa shape index (κ1) is 15.2. The Labute approximate surface area is 125 Å². The van der Waals surface area contributed by atoms with Gasteiger partial charge in [-0.1, -0.05) is 0 Å². The van der Waals surface area contributed by atoms with Crippen LogP contribution in [0.4, 0.5) is 5.69 Å². The number of nitrogens with one attached hydrogen (secondary N) is 1. The molecule has 9 heteroatoms. The number of aliphatic carboxylic acids is 1. The fourth-order valence-electron chi connectivity index (χ4n) is 2.00. The van der Waals surface area contributed by atoms with Gasteiger partial charge in [-0.3, -0.25) is 14.5 Å². The Kier molecular flexibility index (Phi) is 4.61. The molecule has 0 saturated carbocycles. The summed E-state index contributed by atoms with van der Waals surface area (Å²) in [5.74, 6) is -1.33. The molecule has 0 bridgehead atoms. The third kappa shape index (κ3) is 3.47. The molecule has 0 aromatic carbocycles. The van der Waals surface area contributed by atoms with Crippen molar-refractivity contribution in [3.8, 4) is 0 Å². The number of piperidine rings is 1. The number of carbonyl (C=O) groups is 1. The number of pyridine rings is 1. The number of rotatable bonds is 4. The van der Waals surface area contributed by atoms with Crippen LogP contribution >= 0.6 is 15.9 Å². The zero-order valence-electron chi connectivity index (χ0n) is 10.5. The second kappa shape index (κ2) is 6.06. The van der Waals surface area contributed by atoms with E-state index in [1.165, 1.54) is 16.7 Å². The lowest BCUT2D eigenvalue weighted by Crippen LogP contribution is -2.43. The number of aromatic nitrogens is 1. The Morgan fingerprint density at radius 1 is 1.45 bits per heavy atom. The summed E-state index contributed by atoms with van der Waals surface area (Å²) < 4.78 is 28.7. The first-order valence-electron chi connectivity index (χ1n) is 6.00. The van der Waals surface area contributed by atoms with Gasteiger partial charge in [0.05, 0.1) is 16.1 Å². The summed E-state index contributed by atoms with van der Waals surface area (Å²) in [6, 6.07) is 1.55. The molecule has 0 atom stereocenters. The number of hydrogen-bond donors (Lipinski definition) is 2. The van der Waals surface area contributed by atoms with Crippen molar-refractivity contribution in [3.05, 3.63) is 22.9 Å². The summed E-state index contributed by atoms with van der Waals surface area (Å²) in [5.41, 5.74) is 0.403. The van der Waals surface area contributed by atoms with E-state index in [2.05, 4.69) is 25.6 Å². The molecule has 1 aromatic rings. The Morgan fingerprint density at radius 3 is 2.65 bits per heavy atom. The highest BCUT2D eigenvalue weighted by Crippen LogP contribution is 2.24. The van der Waals surface area contributed by atoms with Gasteiger partial charge in [0.25, 0.3) is 0 Å². The minimum atomic E-state index is -3.68. The third-order valence-corrected chi connectivity index (χ3v) is 5.31. The molecule has 2 rings (SSSR count). The molecule has 1 saturated heterocycles. The van der Waals surface area contributed by atoms with Crippen molar-refractivity contribution in [1.29, 1.82) is 0 Å². The quantitative estimate of drug-likeness (QED) is 0.839. The normalized spacial score (nSPS) is 17.9. The lowest BCUT2D eigenvalue weighted by Gasteiger charge is -2.29. The van der Waals surface area contributed by atoms with Crippen LogP contribution in [0.2, 0.25) is 0 Å². The third-order valence-electron chi connectivity index (χ3n) is 3.15. The SMILES string of the molecule is O=C(O)C1CCN(S(=O)(=O)Nc2ccncc2Br)CC1. The minimum absolute atomic E-state index is 0.203. The van der Waals surface area contributed by atoms with E-state index in [0.717, 1.165) is 0 Å². The van der Waals surface area contributed by atoms with Crippen LogP contribution in [-0.4, -0.2) is 41.9 Å². The summed E-state index contributed by atoms with van der Waals surface area (Å²) in [4.78, 5) is 14.7. The molecular weight excluding hydrogens is 350 g/mol. The molecule has 1 aromatic heterocycles. The zero-order chi connectivity index (χ0) is 14.8. The molecule has 7 nitrogen and oxygen atoms in total. The molecule has 0 spiro atoms. The van der Waals surface area contributed by atoms with Crippen LogP contribution in [0.25, 0.3) is 0 Å². The van der Waals surface area contributed by atoms with Crippen LogP contribution in [0.5, 0.6) is 0 Å². The van der Waals surface area contributed by atoms with Gasteiger partial charge >= 0.3 is 16.2 Å². The molecule has 2 N–H and O–H groups in total. The van der Waals surface area contributed by atoms with Gasteiger partial charge in [-0.05, 0) is 34.8 Å². The first-order valence-corrected chi connectivity index (χ1v) is 8.23. The summed E-state index contributed by atoms with van der Waals surface area (Å²) in [6.45, 7) is 0.407. The summed E-state index contributed by atoms with van der Waals surface area (Å²) in [7, 11) is -3.68. The molecule has 110 valence electrons. The van der Waals surface area contributed by atoms with Gasteiger partial charge in [0, 0.05) is 25.5 Å². The Balaban J connectivity index is 2.05. The van der Waals surface area contributed by atoms with E-state index >= 15 is 0 Å². The van der Waals surface area contributed by atoms with Crippen LogP contribution in [0.1, 0.15) is 12.8 Å². The average molecular weight is 364 g/mol. The number of hydrogen-bond acceptors (Lipinski definition) is 4. The van der Waals surface area contributed by atoms with Gasteiger partial charge in [0.2, 0.25) is 0 Å². The predicted molar refractivity (Wildman–Crippen MR) is 76.4 cm³/mol. The molecular formula is C11H14BrN3O4S. The minimum Gasteiger partial charge on any atom is -0.481 e. The van der Waals surface area contributed by atoms with Crippen LogP contribution < -0.4 is 4.72 Å². The number of carboxylic acid groups (broad SMARTS) is 1. The summed E-state index contributed by atoms with van der Waals surface area (Å²) in [5, 5.41) is 8.90. The maximum absolute atomic E-state index is 12.2. The molecule has 1 aliphatic heterocycles. The topological polar surface area (TPSA) is 99.6 Å². The van der Waals surface area contributed by atoms with Gasteiger partial charge in [-0.25, -0.2) is 0 Å². The number of carboxylic acids is 1. The van der Waals surface area contributed by atoms with Gasteiger partial charge in [-0.15, -0.1) is 0 Å². The van der Waals surface area contributed by atoms with E-state index in [1.54, 1.807) is 6.07 Å². The van der Waals surface area contributed by atoms with Crippen LogP contribution in [0, 0.1) is 5.92 Å². The monoisotopic (exact) mass is 363 g/mol. The van der Waals surface area contributed by atoms with Crippen molar-refractivity contribution in [2.24, 2.45) is 5.92 Å². The molecule has 20 heavy (non-hydrogen) atoms. The molecule has 0 unspecified atom stereocenters. The second-order valence-corrected chi connectivity index (χ2v) is 7.00. The van der Waals surface area contributed by atoms with E-state index in [1.807, 2.05) is 0 Å². The fourth-order valence-corrected chi connectivity index (χ4v) is 3.76. The van der Waals surface area contributed by atoms with E-state index in [0.29, 0.717) is 23.0 Å². The van der Waals surface area contributed by atoms with Gasteiger partial charge in [0.1, 0.15) is 0 Å². The van der Waals surface area contributed by atoms with Crippen molar-refractivity contribution < 1.29 is 18.3 Å². The molecule has 0 aliphatic carbocycles. The average Bonchev–Trinajstić information content (AvgIpc) is 2.41. The summed E-state index contributed by atoms with van der Waals surface area (Å²) in [6.07, 6.45) is 3.63. The number of halogens is 1. The van der Waals surface area contributed by atoms with Gasteiger partial charge in [-0.2, -0.15) is 12.7 Å². The summed E-state index contributed by atoms with van der Waals surface area (Å²) >= 11 is 3.22. The van der Waals surface area contributed by atoms with Gasteiger partial charge in [0.15, 0.2) is 0 Å². The van der Waals surface area contributed by atoms with Crippen molar-refractivity contribution in [2.45, 2.75) is 12.8 Å². The lowest BCUT2D eigenvalue weighted by molar-refractivity contribution is -0.142. The highest BCUT2D eigenvalue weighted by Gasteiger charge is 2.31. The predicted octanol–water partition coefficient (Wildman–Crippen LogP) is 1.30. The van der Waals surface area contributed by atoms with E-state index in [-0.39, 0.29) is 13.1 Å². The van der Waals surface area contributed by atoms with Crippen LogP contribution in [-0.2, 0) is 15.0 Å². The Bertz CT molecular complexity index is 599. The highest BCUT2D eigenvalue weighted by molar-refractivity contribution is 9.10. The standard InChI is InChI=1S/C11H14BrN3O4S/c12-9-7-13-4-1-10(9)14-20(18,19)15-5-2-8(3-6-15)11(16)17/h1,4,7-8H,2-3,5-6H2,(H,13,14)(H,16,17). The molecule has 0 radical (unpaired) electrons. The maximum atomic E-state index is 12.2. The molecule has 0 amide bonds. The lowest BCUT2D eigenvalue weighted by atomic mass is 9.99. The van der Waals surface area contributed by atoms with E-state index in [9.17, 15) is 13.2 Å². The largest absolute Gasteiger partial charge is 0.481 e. The molecule has 2 heterocycles. The van der Waals surface area contributed by atoms with E-state index < -0.39 is 22.1 Å². The highest BCUT2D eigenvalue weighted by atomic mass is 79.9. The smallest absolute Gasteiger partial charge is 0.306 e. The van der Waals surface area contributed by atoms with Crippen molar-refractivity contribution in [2.75, 3.05) is 17.8 Å². The van der Waals surface area contributed by atoms with Gasteiger partial charge < -0.3 is 5.11 Å². The Hall–Kier alpha value is -1.19. The van der Waals surface area contributed by atoms with Crippen LogP contribution in [0.3, 0.4) is 0 Å². The molecule has 1 aliphatic rings. The number of anilines is 1. The number of nitrogens with zero attached hydrogens (tertiary/aromatic N) is 2. The Morgan fingerprint density at radius 2 is 2.10 bits per heavy atom.